The van der Waals surface area contributed by atoms with Crippen LogP contribution < -0.4 is 5.32 Å². The third kappa shape index (κ3) is 4.30. The molecule has 0 spiro atoms. The molecule has 2 heterocycles. The summed E-state index contributed by atoms with van der Waals surface area (Å²) in [7, 11) is 0. The summed E-state index contributed by atoms with van der Waals surface area (Å²) in [5.74, 6) is 0. The first-order valence-corrected chi connectivity index (χ1v) is 8.33. The highest BCUT2D eigenvalue weighted by atomic mass is 32.1. The summed E-state index contributed by atoms with van der Waals surface area (Å²) in [5, 5.41) is 3.50. The van der Waals surface area contributed by atoms with Gasteiger partial charge in [-0.15, -0.1) is 11.3 Å². The maximum Gasteiger partial charge on any atom is 0.0299 e. The number of thiophene rings is 1. The van der Waals surface area contributed by atoms with Crippen LogP contribution in [0.3, 0.4) is 0 Å². The van der Waals surface area contributed by atoms with Crippen molar-refractivity contribution in [3.63, 3.8) is 0 Å². The van der Waals surface area contributed by atoms with Gasteiger partial charge in [0.05, 0.1) is 0 Å². The molecule has 2 nitrogen and oxygen atoms in total. The van der Waals surface area contributed by atoms with Gasteiger partial charge in [-0.2, -0.15) is 0 Å². The summed E-state index contributed by atoms with van der Waals surface area (Å²) in [6.07, 6.45) is 2.54. The fourth-order valence-corrected chi connectivity index (χ4v) is 3.84. The number of hydrogen-bond acceptors (Lipinski definition) is 3. The predicted octanol–water partition coefficient (Wildman–Crippen LogP) is 3.79. The summed E-state index contributed by atoms with van der Waals surface area (Å²) in [4.78, 5) is 5.59. The lowest BCUT2D eigenvalue weighted by Crippen LogP contribution is -2.22. The number of likely N-dealkylation sites (tertiary alicyclic amines) is 1. The van der Waals surface area contributed by atoms with Crippen LogP contribution in [0.25, 0.3) is 0 Å². The lowest BCUT2D eigenvalue weighted by molar-refractivity contribution is 0.284. The maximum atomic E-state index is 3.50. The molecule has 2 rings (SSSR count). The van der Waals surface area contributed by atoms with Crippen LogP contribution in [0.1, 0.15) is 48.9 Å². The second kappa shape index (κ2) is 6.38. The number of nitrogens with zero attached hydrogens (tertiary/aromatic N) is 1. The summed E-state index contributed by atoms with van der Waals surface area (Å²) < 4.78 is 0. The van der Waals surface area contributed by atoms with Gasteiger partial charge in [0.1, 0.15) is 0 Å². The highest BCUT2D eigenvalue weighted by Gasteiger charge is 2.29. The molecule has 0 atom stereocenters. The molecule has 1 aliphatic heterocycles. The van der Waals surface area contributed by atoms with E-state index in [0.717, 1.165) is 19.6 Å². The summed E-state index contributed by atoms with van der Waals surface area (Å²) >= 11 is 1.96. The average molecular weight is 280 g/mol. The second-order valence-electron chi connectivity index (χ2n) is 6.60. The minimum Gasteiger partial charge on any atom is -0.312 e. The van der Waals surface area contributed by atoms with E-state index >= 15 is 0 Å². The molecule has 0 aromatic carbocycles. The average Bonchev–Trinajstić information content (AvgIpc) is 2.84. The first-order valence-electron chi connectivity index (χ1n) is 7.51. The molecule has 19 heavy (non-hydrogen) atoms. The molecule has 0 radical (unpaired) electrons. The minimum absolute atomic E-state index is 0.509. The Labute approximate surface area is 122 Å². The molecule has 1 N–H and O–H groups in total. The van der Waals surface area contributed by atoms with E-state index in [-0.39, 0.29) is 0 Å². The van der Waals surface area contributed by atoms with Crippen LogP contribution in [0.5, 0.6) is 0 Å². The van der Waals surface area contributed by atoms with E-state index in [4.69, 9.17) is 0 Å². The van der Waals surface area contributed by atoms with Crippen molar-refractivity contribution in [1.29, 1.82) is 0 Å². The van der Waals surface area contributed by atoms with Gasteiger partial charge >= 0.3 is 0 Å². The Hall–Kier alpha value is -0.380. The van der Waals surface area contributed by atoms with E-state index in [9.17, 15) is 0 Å². The third-order valence-electron chi connectivity index (χ3n) is 3.95. The molecule has 1 aromatic heterocycles. The van der Waals surface area contributed by atoms with Crippen molar-refractivity contribution in [2.45, 2.75) is 53.6 Å². The Morgan fingerprint density at radius 3 is 2.84 bits per heavy atom. The number of nitrogens with one attached hydrogen (secondary N) is 1. The molecule has 0 aliphatic carbocycles. The van der Waals surface area contributed by atoms with Crippen LogP contribution in [0, 0.1) is 12.3 Å². The van der Waals surface area contributed by atoms with E-state index in [1.165, 1.54) is 41.2 Å². The monoisotopic (exact) mass is 280 g/mol. The van der Waals surface area contributed by atoms with Crippen LogP contribution in [-0.2, 0) is 13.1 Å². The lowest BCUT2D eigenvalue weighted by Gasteiger charge is -2.19. The van der Waals surface area contributed by atoms with Crippen molar-refractivity contribution in [2.24, 2.45) is 5.41 Å². The molecule has 1 fully saturated rings. The smallest absolute Gasteiger partial charge is 0.0299 e. The summed E-state index contributed by atoms with van der Waals surface area (Å²) in [5.41, 5.74) is 2.05. The Kier molecular flexibility index (Phi) is 5.04. The molecule has 0 saturated carbocycles. The first kappa shape index (κ1) is 15.0. The van der Waals surface area contributed by atoms with Gasteiger partial charge in [0, 0.05) is 29.4 Å². The van der Waals surface area contributed by atoms with E-state index in [0.29, 0.717) is 5.41 Å². The Balaban J connectivity index is 1.90. The summed E-state index contributed by atoms with van der Waals surface area (Å²) in [6.45, 7) is 15.0. The highest BCUT2D eigenvalue weighted by Crippen LogP contribution is 2.31. The quantitative estimate of drug-likeness (QED) is 0.798. The Morgan fingerprint density at radius 2 is 2.21 bits per heavy atom. The Morgan fingerprint density at radius 1 is 1.42 bits per heavy atom. The molecule has 3 heteroatoms. The van der Waals surface area contributed by atoms with Crippen LogP contribution in [0.2, 0.25) is 0 Å². The van der Waals surface area contributed by atoms with Crippen molar-refractivity contribution < 1.29 is 0 Å². The van der Waals surface area contributed by atoms with Gasteiger partial charge in [0.15, 0.2) is 0 Å². The second-order valence-corrected chi connectivity index (χ2v) is 7.94. The predicted molar refractivity (Wildman–Crippen MR) is 84.7 cm³/mol. The van der Waals surface area contributed by atoms with Crippen LogP contribution in [-0.4, -0.2) is 24.5 Å². The van der Waals surface area contributed by atoms with Crippen molar-refractivity contribution in [3.8, 4) is 0 Å². The Bertz CT molecular complexity index is 409. The molecular weight excluding hydrogens is 252 g/mol. The SMILES string of the molecule is CCCNCc1cc(CN2CCC(C)(C)C2)c(C)s1. The molecule has 0 amide bonds. The van der Waals surface area contributed by atoms with Crippen LogP contribution >= 0.6 is 11.3 Å². The molecule has 108 valence electrons. The van der Waals surface area contributed by atoms with E-state index in [1.807, 2.05) is 11.3 Å². The van der Waals surface area contributed by atoms with Gasteiger partial charge in [-0.1, -0.05) is 20.8 Å². The van der Waals surface area contributed by atoms with E-state index in [2.05, 4.69) is 44.0 Å². The van der Waals surface area contributed by atoms with Gasteiger partial charge in [-0.25, -0.2) is 0 Å². The number of aryl methyl sites for hydroxylation is 1. The molecule has 1 aliphatic rings. The normalized spacial score (nSPS) is 19.2. The van der Waals surface area contributed by atoms with Crippen LogP contribution in [0.15, 0.2) is 6.07 Å². The number of rotatable bonds is 6. The molecular formula is C16H28N2S. The maximum absolute atomic E-state index is 3.50. The van der Waals surface area contributed by atoms with Crippen molar-refractivity contribution in [1.82, 2.24) is 10.2 Å². The largest absolute Gasteiger partial charge is 0.312 e. The zero-order valence-corrected chi connectivity index (χ0v) is 13.7. The van der Waals surface area contributed by atoms with Crippen molar-refractivity contribution in [2.75, 3.05) is 19.6 Å². The highest BCUT2D eigenvalue weighted by molar-refractivity contribution is 7.12. The van der Waals surface area contributed by atoms with Gasteiger partial charge in [-0.05, 0) is 49.9 Å². The van der Waals surface area contributed by atoms with Crippen LogP contribution in [0.4, 0.5) is 0 Å². The molecule has 1 saturated heterocycles. The van der Waals surface area contributed by atoms with Gasteiger partial charge in [0.25, 0.3) is 0 Å². The van der Waals surface area contributed by atoms with Gasteiger partial charge in [-0.3, -0.25) is 4.90 Å². The lowest BCUT2D eigenvalue weighted by atomic mass is 9.93. The fraction of sp³-hybridized carbons (Fsp3) is 0.750. The minimum atomic E-state index is 0.509. The van der Waals surface area contributed by atoms with E-state index < -0.39 is 0 Å². The van der Waals surface area contributed by atoms with E-state index in [1.54, 1.807) is 0 Å². The standard InChI is InChI=1S/C16H28N2S/c1-5-7-17-10-15-9-14(13(2)19-15)11-18-8-6-16(3,4)12-18/h9,17H,5-8,10-12H2,1-4H3. The van der Waals surface area contributed by atoms with Crippen molar-refractivity contribution in [3.05, 3.63) is 21.4 Å². The third-order valence-corrected chi connectivity index (χ3v) is 5.04. The zero-order chi connectivity index (χ0) is 13.9. The molecule has 0 unspecified atom stereocenters. The van der Waals surface area contributed by atoms with Crippen molar-refractivity contribution >= 4 is 11.3 Å². The number of hydrogen-bond donors (Lipinski definition) is 1. The fourth-order valence-electron chi connectivity index (χ4n) is 2.82. The van der Waals surface area contributed by atoms with Gasteiger partial charge in [0.2, 0.25) is 0 Å². The topological polar surface area (TPSA) is 15.3 Å². The molecule has 0 bridgehead atoms. The van der Waals surface area contributed by atoms with Gasteiger partial charge < -0.3 is 5.32 Å². The first-order chi connectivity index (χ1) is 9.00. The zero-order valence-electron chi connectivity index (χ0n) is 12.9. The molecule has 1 aromatic rings. The summed E-state index contributed by atoms with van der Waals surface area (Å²) in [6, 6.07) is 2.41.